The van der Waals surface area contributed by atoms with Gasteiger partial charge in [0, 0.05) is 16.6 Å². The van der Waals surface area contributed by atoms with Crippen LogP contribution in [0.4, 0.5) is 8.78 Å². The van der Waals surface area contributed by atoms with Gasteiger partial charge in [-0.15, -0.1) is 0 Å². The van der Waals surface area contributed by atoms with Crippen LogP contribution in [0.5, 0.6) is 5.75 Å². The maximum Gasteiger partial charge on any atom is 0.246 e. The van der Waals surface area contributed by atoms with E-state index in [0.717, 1.165) is 35.8 Å². The lowest BCUT2D eigenvalue weighted by Gasteiger charge is -2.20. The van der Waals surface area contributed by atoms with E-state index >= 15 is 0 Å². The standard InChI is InChI=1S/C26H26ClF2N5O3/c1-14-8-23(34-17(4)30-13-31-34)19-6-5-7-24(26(19)32-14)37-11-21-20(9-18(29)10-22(21)27)15(2)33-25(35)12-36-16(3)28/h5-10,13,15-16H,11-12H2,1-4H3,(H,33,35)/t15-,16?/m0/s1/i15D. The average Bonchev–Trinajstić information content (AvgIpc) is 3.26. The van der Waals surface area contributed by atoms with E-state index in [0.29, 0.717) is 22.7 Å². The number of rotatable bonds is 9. The lowest BCUT2D eigenvalue weighted by molar-refractivity contribution is -0.132. The molecular weight excluding hydrogens is 504 g/mol. The number of benzene rings is 2. The minimum absolute atomic E-state index is 0.0182. The highest BCUT2D eigenvalue weighted by Crippen LogP contribution is 2.32. The van der Waals surface area contributed by atoms with Gasteiger partial charge >= 0.3 is 0 Å². The topological polar surface area (TPSA) is 91.2 Å². The molecule has 4 rings (SSSR count). The van der Waals surface area contributed by atoms with Crippen LogP contribution in [0.1, 0.15) is 43.9 Å². The Balaban J connectivity index is 1.68. The van der Waals surface area contributed by atoms with Gasteiger partial charge in [0.25, 0.3) is 0 Å². The SMILES string of the molecule is [2H][C@@](C)(NC(=O)COC(C)F)c1cc(F)cc(Cl)c1COc1cccc2c(-n3ncnc3C)cc(C)nc12. The van der Waals surface area contributed by atoms with E-state index in [2.05, 4.69) is 25.1 Å². The Kier molecular flexibility index (Phi) is 7.57. The van der Waals surface area contributed by atoms with Gasteiger partial charge in [0.15, 0.2) is 6.36 Å². The zero-order valence-corrected chi connectivity index (χ0v) is 21.4. The third-order valence-electron chi connectivity index (χ3n) is 5.56. The molecule has 0 fully saturated rings. The first-order chi connectivity index (χ1) is 18.0. The van der Waals surface area contributed by atoms with Crippen molar-refractivity contribution in [2.75, 3.05) is 6.61 Å². The van der Waals surface area contributed by atoms with Crippen molar-refractivity contribution in [3.05, 3.63) is 76.2 Å². The Hall–Kier alpha value is -3.63. The van der Waals surface area contributed by atoms with E-state index in [4.69, 9.17) is 17.7 Å². The summed E-state index contributed by atoms with van der Waals surface area (Å²) in [6.45, 7) is 5.43. The molecule has 0 aliphatic carbocycles. The quantitative estimate of drug-likeness (QED) is 0.315. The van der Waals surface area contributed by atoms with Gasteiger partial charge in [-0.25, -0.2) is 23.4 Å². The number of pyridine rings is 1. The molecule has 0 radical (unpaired) electrons. The molecule has 0 saturated carbocycles. The molecule has 0 aliphatic rings. The molecule has 1 amide bonds. The van der Waals surface area contributed by atoms with Crippen molar-refractivity contribution in [2.24, 2.45) is 0 Å². The van der Waals surface area contributed by atoms with Gasteiger partial charge in [-0.2, -0.15) is 5.10 Å². The molecule has 11 heteroatoms. The van der Waals surface area contributed by atoms with E-state index in [1.165, 1.54) is 13.3 Å². The van der Waals surface area contributed by atoms with Crippen LogP contribution in [0.15, 0.2) is 42.7 Å². The van der Waals surface area contributed by atoms with Gasteiger partial charge in [-0.05, 0) is 57.5 Å². The van der Waals surface area contributed by atoms with Crippen molar-refractivity contribution in [1.82, 2.24) is 25.1 Å². The normalized spacial score (nSPS) is 14.2. The summed E-state index contributed by atoms with van der Waals surface area (Å²) in [5.74, 6) is -0.305. The molecule has 2 aromatic carbocycles. The summed E-state index contributed by atoms with van der Waals surface area (Å²) in [5, 5.41) is 7.51. The van der Waals surface area contributed by atoms with E-state index in [-0.39, 0.29) is 17.2 Å². The lowest BCUT2D eigenvalue weighted by Crippen LogP contribution is -2.31. The highest BCUT2D eigenvalue weighted by Gasteiger charge is 2.20. The molecule has 2 heterocycles. The number of nitrogens with zero attached hydrogens (tertiary/aromatic N) is 4. The van der Waals surface area contributed by atoms with Crippen LogP contribution in [0.25, 0.3) is 16.6 Å². The number of aryl methyl sites for hydroxylation is 2. The van der Waals surface area contributed by atoms with Crippen LogP contribution >= 0.6 is 11.6 Å². The molecule has 194 valence electrons. The number of para-hydroxylation sites is 1. The monoisotopic (exact) mass is 530 g/mol. The minimum Gasteiger partial charge on any atom is -0.487 e. The summed E-state index contributed by atoms with van der Waals surface area (Å²) in [4.78, 5) is 21.1. The van der Waals surface area contributed by atoms with E-state index in [1.54, 1.807) is 16.8 Å². The van der Waals surface area contributed by atoms with E-state index in [9.17, 15) is 13.6 Å². The fourth-order valence-corrected chi connectivity index (χ4v) is 4.15. The zero-order valence-electron chi connectivity index (χ0n) is 21.7. The maximum absolute atomic E-state index is 14.3. The third-order valence-corrected chi connectivity index (χ3v) is 5.90. The van der Waals surface area contributed by atoms with Crippen molar-refractivity contribution < 1.29 is 24.4 Å². The number of amides is 1. The van der Waals surface area contributed by atoms with Gasteiger partial charge < -0.3 is 14.8 Å². The molecule has 8 nitrogen and oxygen atoms in total. The van der Waals surface area contributed by atoms with Crippen molar-refractivity contribution in [3.8, 4) is 11.4 Å². The molecule has 37 heavy (non-hydrogen) atoms. The first-order valence-electron chi connectivity index (χ1n) is 11.9. The molecule has 0 spiro atoms. The number of ether oxygens (including phenoxy) is 2. The number of hydrogen-bond acceptors (Lipinski definition) is 6. The molecule has 0 aliphatic heterocycles. The fraction of sp³-hybridized carbons (Fsp3) is 0.308. The number of carbonyl (C=O) groups is 1. The molecule has 1 unspecified atom stereocenters. The Labute approximate surface area is 219 Å². The number of nitrogens with one attached hydrogen (secondary N) is 1. The van der Waals surface area contributed by atoms with Crippen LogP contribution in [0.2, 0.25) is 5.02 Å². The Morgan fingerprint density at radius 2 is 2.05 bits per heavy atom. The van der Waals surface area contributed by atoms with Crippen molar-refractivity contribution >= 4 is 28.4 Å². The molecule has 0 saturated heterocycles. The molecule has 2 aromatic heterocycles. The second-order valence-corrected chi connectivity index (χ2v) is 8.79. The number of alkyl halides is 1. The summed E-state index contributed by atoms with van der Waals surface area (Å²) < 4.78 is 48.5. The van der Waals surface area contributed by atoms with Crippen LogP contribution in [-0.2, 0) is 16.1 Å². The Bertz CT molecular complexity index is 1500. The van der Waals surface area contributed by atoms with Crippen molar-refractivity contribution in [3.63, 3.8) is 0 Å². The van der Waals surface area contributed by atoms with Gasteiger partial charge in [0.2, 0.25) is 5.91 Å². The largest absolute Gasteiger partial charge is 0.487 e. The summed E-state index contributed by atoms with van der Waals surface area (Å²) in [6, 6.07) is 7.71. The lowest BCUT2D eigenvalue weighted by atomic mass is 10.0. The summed E-state index contributed by atoms with van der Waals surface area (Å²) in [5.41, 5.74) is 2.44. The van der Waals surface area contributed by atoms with Crippen molar-refractivity contribution in [1.29, 1.82) is 0 Å². The van der Waals surface area contributed by atoms with Crippen molar-refractivity contribution in [2.45, 2.75) is 46.7 Å². The molecule has 4 aromatic rings. The second kappa shape index (κ2) is 11.2. The van der Waals surface area contributed by atoms with Crippen LogP contribution in [-0.4, -0.2) is 38.6 Å². The van der Waals surface area contributed by atoms with Gasteiger partial charge in [-0.3, -0.25) is 4.79 Å². The first kappa shape index (κ1) is 25.0. The fourth-order valence-electron chi connectivity index (χ4n) is 3.89. The zero-order chi connectivity index (χ0) is 27.6. The van der Waals surface area contributed by atoms with E-state index < -0.39 is 30.7 Å². The maximum atomic E-state index is 14.3. The minimum atomic E-state index is -1.82. The third kappa shape index (κ3) is 6.03. The first-order valence-corrected chi connectivity index (χ1v) is 11.8. The predicted octanol–water partition coefficient (Wildman–Crippen LogP) is 5.31. The second-order valence-electron chi connectivity index (χ2n) is 8.38. The van der Waals surface area contributed by atoms with Crippen LogP contribution < -0.4 is 10.1 Å². The summed E-state index contributed by atoms with van der Waals surface area (Å²) >= 11 is 6.38. The average molecular weight is 531 g/mol. The van der Waals surface area contributed by atoms with Crippen LogP contribution in [0.3, 0.4) is 0 Å². The predicted molar refractivity (Wildman–Crippen MR) is 135 cm³/mol. The smallest absolute Gasteiger partial charge is 0.246 e. The number of fused-ring (bicyclic) bond motifs is 1. The molecular formula is C26H26ClF2N5O3. The van der Waals surface area contributed by atoms with Gasteiger partial charge in [0.1, 0.15) is 42.4 Å². The highest BCUT2D eigenvalue weighted by molar-refractivity contribution is 6.31. The summed E-state index contributed by atoms with van der Waals surface area (Å²) in [7, 11) is 0. The molecule has 0 bridgehead atoms. The molecule has 1 N–H and O–H groups in total. The number of aromatic nitrogens is 4. The molecule has 2 atom stereocenters. The Morgan fingerprint density at radius 3 is 2.76 bits per heavy atom. The highest BCUT2D eigenvalue weighted by atomic mass is 35.5. The number of halogens is 3. The Morgan fingerprint density at radius 1 is 1.27 bits per heavy atom. The number of hydrogen-bond donors (Lipinski definition) is 1. The van der Waals surface area contributed by atoms with Gasteiger partial charge in [0.05, 0.1) is 18.1 Å². The summed E-state index contributed by atoms with van der Waals surface area (Å²) in [6.07, 6.45) is -0.187. The van der Waals surface area contributed by atoms with E-state index in [1.807, 2.05) is 26.0 Å². The van der Waals surface area contributed by atoms with Gasteiger partial charge in [-0.1, -0.05) is 23.7 Å². The van der Waals surface area contributed by atoms with Crippen LogP contribution in [0, 0.1) is 19.7 Å². The number of carbonyl (C=O) groups excluding carboxylic acids is 1.